The van der Waals surface area contributed by atoms with Crippen molar-refractivity contribution in [1.29, 1.82) is 0 Å². The van der Waals surface area contributed by atoms with Crippen molar-refractivity contribution in [3.63, 3.8) is 0 Å². The summed E-state index contributed by atoms with van der Waals surface area (Å²) in [5.74, 6) is -0.0539. The van der Waals surface area contributed by atoms with Gasteiger partial charge in [0.15, 0.2) is 6.29 Å². The zero-order chi connectivity index (χ0) is 15.9. The minimum Gasteiger partial charge on any atom is -0.502 e. The van der Waals surface area contributed by atoms with Crippen LogP contribution >= 0.6 is 0 Å². The van der Waals surface area contributed by atoms with Gasteiger partial charge in [0.1, 0.15) is 11.5 Å². The van der Waals surface area contributed by atoms with Crippen LogP contribution in [0.4, 0.5) is 0 Å². The van der Waals surface area contributed by atoms with Crippen LogP contribution < -0.4 is 5.56 Å². The average molecular weight is 308 g/mol. The van der Waals surface area contributed by atoms with Crippen molar-refractivity contribution in [3.05, 3.63) is 27.9 Å². The van der Waals surface area contributed by atoms with Crippen LogP contribution in [0.3, 0.4) is 0 Å². The Morgan fingerprint density at radius 3 is 2.77 bits per heavy atom. The van der Waals surface area contributed by atoms with Gasteiger partial charge in [0, 0.05) is 6.61 Å². The molecule has 1 aliphatic carbocycles. The van der Waals surface area contributed by atoms with Gasteiger partial charge in [0.25, 0.3) is 5.56 Å². The quantitative estimate of drug-likeness (QED) is 0.780. The number of aromatic amines is 1. The Balaban J connectivity index is 1.91. The number of rotatable bonds is 3. The van der Waals surface area contributed by atoms with E-state index in [1.807, 2.05) is 13.0 Å². The number of aromatic nitrogens is 2. The van der Waals surface area contributed by atoms with E-state index in [9.17, 15) is 15.0 Å². The third-order valence-corrected chi connectivity index (χ3v) is 4.30. The van der Waals surface area contributed by atoms with Crippen molar-refractivity contribution >= 4 is 5.57 Å². The number of aliphatic hydroxyl groups is 1. The van der Waals surface area contributed by atoms with Crippen molar-refractivity contribution in [2.45, 2.75) is 45.7 Å². The number of nitrogens with zero attached hydrogens (tertiary/aromatic N) is 1. The molecule has 0 aromatic carbocycles. The van der Waals surface area contributed by atoms with Crippen molar-refractivity contribution in [1.82, 2.24) is 9.97 Å². The maximum Gasteiger partial charge on any atom is 0.293 e. The summed E-state index contributed by atoms with van der Waals surface area (Å²) in [5.41, 5.74) is 0.271. The topological polar surface area (TPSA) is 105 Å². The second kappa shape index (κ2) is 5.49. The monoisotopic (exact) mass is 308 g/mol. The van der Waals surface area contributed by atoms with E-state index < -0.39 is 17.6 Å². The summed E-state index contributed by atoms with van der Waals surface area (Å²) in [6, 6.07) is 0. The molecule has 1 fully saturated rings. The molecule has 22 heavy (non-hydrogen) atoms. The van der Waals surface area contributed by atoms with Crippen LogP contribution in [0.25, 0.3) is 5.57 Å². The Kier molecular flexibility index (Phi) is 3.80. The second-order valence-electron chi connectivity index (χ2n) is 6.22. The molecule has 0 bridgehead atoms. The highest BCUT2D eigenvalue weighted by Crippen LogP contribution is 2.38. The molecule has 1 aromatic rings. The first-order chi connectivity index (χ1) is 10.4. The molecule has 0 radical (unpaired) electrons. The molecule has 120 valence electrons. The van der Waals surface area contributed by atoms with E-state index in [1.54, 1.807) is 6.92 Å². The lowest BCUT2D eigenvalue weighted by atomic mass is 9.77. The molecule has 1 unspecified atom stereocenters. The van der Waals surface area contributed by atoms with Crippen molar-refractivity contribution < 1.29 is 19.7 Å². The average Bonchev–Trinajstić information content (AvgIpc) is 2.48. The Bertz CT molecular complexity index is 662. The van der Waals surface area contributed by atoms with E-state index in [1.165, 1.54) is 0 Å². The SMILES string of the molecule is CC1OC(c2nc(C3=CCC(C)(CO)CC3)[nH]c(=O)c2O)O1. The number of aromatic hydroxyl groups is 1. The molecule has 1 aromatic heterocycles. The second-order valence-corrected chi connectivity index (χ2v) is 6.22. The van der Waals surface area contributed by atoms with Crippen LogP contribution in [0.15, 0.2) is 10.9 Å². The predicted molar refractivity (Wildman–Crippen MR) is 77.9 cm³/mol. The number of nitrogens with one attached hydrogen (secondary N) is 1. The van der Waals surface area contributed by atoms with Crippen molar-refractivity contribution in [2.75, 3.05) is 6.61 Å². The molecule has 2 heterocycles. The van der Waals surface area contributed by atoms with Crippen LogP contribution in [-0.2, 0) is 9.47 Å². The largest absolute Gasteiger partial charge is 0.502 e. The van der Waals surface area contributed by atoms with Gasteiger partial charge < -0.3 is 24.7 Å². The summed E-state index contributed by atoms with van der Waals surface area (Å²) in [5, 5.41) is 19.2. The summed E-state index contributed by atoms with van der Waals surface area (Å²) in [7, 11) is 0. The first-order valence-corrected chi connectivity index (χ1v) is 7.36. The molecule has 1 saturated heterocycles. The van der Waals surface area contributed by atoms with Gasteiger partial charge >= 0.3 is 0 Å². The lowest BCUT2D eigenvalue weighted by Crippen LogP contribution is -2.33. The maximum atomic E-state index is 11.9. The van der Waals surface area contributed by atoms with Crippen LogP contribution in [0.1, 0.15) is 50.9 Å². The minimum atomic E-state index is -0.803. The van der Waals surface area contributed by atoms with E-state index in [0.29, 0.717) is 18.7 Å². The Labute approximate surface area is 127 Å². The lowest BCUT2D eigenvalue weighted by Gasteiger charge is -2.33. The molecule has 2 aliphatic rings. The Hall–Kier alpha value is -1.70. The van der Waals surface area contributed by atoms with Gasteiger partial charge in [-0.1, -0.05) is 13.0 Å². The fourth-order valence-corrected chi connectivity index (χ4v) is 2.66. The molecule has 0 saturated carbocycles. The lowest BCUT2D eigenvalue weighted by molar-refractivity contribution is -0.384. The number of hydrogen-bond acceptors (Lipinski definition) is 6. The minimum absolute atomic E-state index is 0.105. The molecular weight excluding hydrogens is 288 g/mol. The zero-order valence-corrected chi connectivity index (χ0v) is 12.6. The fourth-order valence-electron chi connectivity index (χ4n) is 2.66. The fraction of sp³-hybridized carbons (Fsp3) is 0.600. The first kappa shape index (κ1) is 15.2. The van der Waals surface area contributed by atoms with Gasteiger partial charge in [-0.15, -0.1) is 0 Å². The molecule has 7 heteroatoms. The number of aliphatic hydroxyl groups excluding tert-OH is 1. The summed E-state index contributed by atoms with van der Waals surface area (Å²) in [6.45, 7) is 3.88. The highest BCUT2D eigenvalue weighted by molar-refractivity contribution is 5.61. The van der Waals surface area contributed by atoms with Crippen LogP contribution in [0.5, 0.6) is 5.75 Å². The molecule has 7 nitrogen and oxygen atoms in total. The summed E-state index contributed by atoms with van der Waals surface area (Å²) in [4.78, 5) is 18.8. The highest BCUT2D eigenvalue weighted by Gasteiger charge is 2.34. The molecule has 1 aliphatic heterocycles. The van der Waals surface area contributed by atoms with E-state index in [4.69, 9.17) is 9.47 Å². The van der Waals surface area contributed by atoms with Crippen LogP contribution in [-0.4, -0.2) is 33.1 Å². The first-order valence-electron chi connectivity index (χ1n) is 7.36. The molecule has 1 atom stereocenters. The van der Waals surface area contributed by atoms with Gasteiger partial charge in [0.05, 0.1) is 0 Å². The van der Waals surface area contributed by atoms with Crippen LogP contribution in [0, 0.1) is 5.41 Å². The standard InChI is InChI=1S/C15H20N2O5/c1-8-21-14(22-8)10-11(19)13(20)17-12(16-10)9-3-5-15(2,7-18)6-4-9/h3,8,14,18-19H,4-7H2,1-2H3,(H,16,17,20). The maximum absolute atomic E-state index is 11.9. The summed E-state index contributed by atoms with van der Waals surface area (Å²) < 4.78 is 10.6. The number of H-pyrrole nitrogens is 1. The van der Waals surface area contributed by atoms with Gasteiger partial charge in [-0.2, -0.15) is 0 Å². The van der Waals surface area contributed by atoms with E-state index in [-0.39, 0.29) is 24.0 Å². The smallest absolute Gasteiger partial charge is 0.293 e. The normalized spacial score (nSPS) is 31.5. The number of ether oxygens (including phenoxy) is 2. The predicted octanol–water partition coefficient (Wildman–Crippen LogP) is 1.43. The van der Waals surface area contributed by atoms with Crippen molar-refractivity contribution in [3.8, 4) is 5.75 Å². The van der Waals surface area contributed by atoms with Crippen LogP contribution in [0.2, 0.25) is 0 Å². The van der Waals surface area contributed by atoms with Gasteiger partial charge in [-0.05, 0) is 37.2 Å². The van der Waals surface area contributed by atoms with E-state index >= 15 is 0 Å². The number of allylic oxidation sites excluding steroid dienone is 2. The molecule has 3 rings (SSSR count). The Morgan fingerprint density at radius 2 is 2.23 bits per heavy atom. The van der Waals surface area contributed by atoms with Gasteiger partial charge in [0.2, 0.25) is 12.0 Å². The summed E-state index contributed by atoms with van der Waals surface area (Å²) >= 11 is 0. The molecule has 0 spiro atoms. The third-order valence-electron chi connectivity index (χ3n) is 4.30. The third kappa shape index (κ3) is 2.67. The van der Waals surface area contributed by atoms with Crippen molar-refractivity contribution in [2.24, 2.45) is 5.41 Å². The van der Waals surface area contributed by atoms with E-state index in [0.717, 1.165) is 12.0 Å². The molecule has 0 amide bonds. The molecule has 3 N–H and O–H groups in total. The Morgan fingerprint density at radius 1 is 1.50 bits per heavy atom. The molecular formula is C15H20N2O5. The van der Waals surface area contributed by atoms with E-state index in [2.05, 4.69) is 9.97 Å². The van der Waals surface area contributed by atoms with Gasteiger partial charge in [-0.3, -0.25) is 4.79 Å². The zero-order valence-electron chi connectivity index (χ0n) is 12.6. The summed E-state index contributed by atoms with van der Waals surface area (Å²) in [6.07, 6.45) is 3.03. The number of hydrogen-bond donors (Lipinski definition) is 3. The highest BCUT2D eigenvalue weighted by atomic mass is 16.9. The van der Waals surface area contributed by atoms with Gasteiger partial charge in [-0.25, -0.2) is 4.98 Å².